The van der Waals surface area contributed by atoms with Crippen LogP contribution in [0, 0.1) is 0 Å². The lowest BCUT2D eigenvalue weighted by molar-refractivity contribution is -0.117. The minimum Gasteiger partial charge on any atom is -0.354 e. The van der Waals surface area contributed by atoms with E-state index in [0.29, 0.717) is 10.3 Å². The average molecular weight is 500 g/mol. The summed E-state index contributed by atoms with van der Waals surface area (Å²) in [5.41, 5.74) is 0.467. The van der Waals surface area contributed by atoms with Crippen molar-refractivity contribution in [1.82, 2.24) is 10.6 Å². The normalized spacial score (nSPS) is 11.8. The van der Waals surface area contributed by atoms with Crippen LogP contribution >= 0.6 is 18.9 Å². The number of hydrogen-bond donors (Lipinski definition) is 2. The first-order valence-corrected chi connectivity index (χ1v) is 13.3. The number of halogens is 1. The molecule has 35 heavy (non-hydrogen) atoms. The predicted octanol–water partition coefficient (Wildman–Crippen LogP) is 4.56. The molecule has 0 aromatic heterocycles. The molecule has 2 N–H and O–H groups in total. The van der Waals surface area contributed by atoms with Gasteiger partial charge < -0.3 is 10.6 Å². The van der Waals surface area contributed by atoms with Crippen molar-refractivity contribution in [2.75, 3.05) is 7.05 Å². The van der Waals surface area contributed by atoms with E-state index in [9.17, 15) is 9.59 Å². The first-order valence-electron chi connectivity index (χ1n) is 11.1. The van der Waals surface area contributed by atoms with Crippen LogP contribution in [0.4, 0.5) is 0 Å². The van der Waals surface area contributed by atoms with E-state index in [0.717, 1.165) is 15.9 Å². The third-order valence-electron chi connectivity index (χ3n) is 5.66. The van der Waals surface area contributed by atoms with E-state index in [2.05, 4.69) is 10.6 Å². The second-order valence-corrected chi connectivity index (χ2v) is 11.7. The molecule has 0 aliphatic heterocycles. The maximum atomic E-state index is 13.2. The number of hydrogen-bond acceptors (Lipinski definition) is 2. The highest BCUT2D eigenvalue weighted by molar-refractivity contribution is 8.00. The predicted molar refractivity (Wildman–Crippen MR) is 146 cm³/mol. The summed E-state index contributed by atoms with van der Waals surface area (Å²) in [6.45, 7) is 0. The van der Waals surface area contributed by atoms with Gasteiger partial charge in [-0.1, -0.05) is 72.8 Å². The Kier molecular flexibility index (Phi) is 7.77. The van der Waals surface area contributed by atoms with E-state index < -0.39 is 19.1 Å². The Morgan fingerprint density at radius 3 is 1.37 bits per heavy atom. The summed E-state index contributed by atoms with van der Waals surface area (Å²) in [5.74, 6) is -0.874. The Balaban J connectivity index is 2.04. The molecule has 0 unspecified atom stereocenters. The van der Waals surface area contributed by atoms with Crippen LogP contribution in [-0.4, -0.2) is 18.9 Å². The second kappa shape index (κ2) is 11.1. The molecule has 4 aromatic carbocycles. The molecule has 4 nitrogen and oxygen atoms in total. The highest BCUT2D eigenvalue weighted by Crippen LogP contribution is 2.64. The van der Waals surface area contributed by atoms with Gasteiger partial charge in [-0.2, -0.15) is 0 Å². The van der Waals surface area contributed by atoms with E-state index in [1.54, 1.807) is 24.3 Å². The zero-order chi connectivity index (χ0) is 24.7. The van der Waals surface area contributed by atoms with Gasteiger partial charge in [-0.25, -0.2) is 0 Å². The molecule has 0 radical (unpaired) electrons. The standard InChI is InChI=1S/C29H24ClN2O2P/c1-31-29(34)26(32-28(33)22-14-6-2-7-15-22)27(30)35(23-16-8-3-9-17-23,24-18-10-4-11-19-24)25-20-12-5-13-21-25/h2-21H,1H3,(H-,31,32,33,34)/p+1/b27-26-. The fourth-order valence-corrected chi connectivity index (χ4v) is 8.95. The number of amides is 2. The topological polar surface area (TPSA) is 58.2 Å². The monoisotopic (exact) mass is 499 g/mol. The Hall–Kier alpha value is -3.72. The van der Waals surface area contributed by atoms with E-state index >= 15 is 0 Å². The van der Waals surface area contributed by atoms with Gasteiger partial charge in [0.05, 0.1) is 0 Å². The molecule has 0 spiro atoms. The minimum absolute atomic E-state index is 0.0351. The largest absolute Gasteiger partial charge is 0.354 e. The number of nitrogens with one attached hydrogen (secondary N) is 2. The molecule has 4 rings (SSSR count). The molecule has 6 heteroatoms. The maximum Gasteiger partial charge on any atom is 0.272 e. The fourth-order valence-electron chi connectivity index (χ4n) is 4.01. The van der Waals surface area contributed by atoms with Crippen LogP contribution in [-0.2, 0) is 4.79 Å². The molecule has 0 saturated carbocycles. The molecular formula is C29H25ClN2O2P+. The second-order valence-electron chi connectivity index (χ2n) is 7.74. The summed E-state index contributed by atoms with van der Waals surface area (Å²) in [6, 6.07) is 38.5. The quantitative estimate of drug-likeness (QED) is 0.289. The molecule has 174 valence electrons. The molecule has 0 atom stereocenters. The van der Waals surface area contributed by atoms with E-state index in [-0.39, 0.29) is 5.70 Å². The molecule has 0 heterocycles. The van der Waals surface area contributed by atoms with Gasteiger partial charge in [0, 0.05) is 12.6 Å². The van der Waals surface area contributed by atoms with Gasteiger partial charge in [-0.05, 0) is 60.1 Å². The molecule has 0 aliphatic carbocycles. The zero-order valence-corrected chi connectivity index (χ0v) is 20.8. The lowest BCUT2D eigenvalue weighted by Gasteiger charge is -2.28. The van der Waals surface area contributed by atoms with Crippen LogP contribution in [0.1, 0.15) is 10.4 Å². The van der Waals surface area contributed by atoms with Crippen molar-refractivity contribution in [2.24, 2.45) is 0 Å². The van der Waals surface area contributed by atoms with Crippen molar-refractivity contribution < 1.29 is 9.59 Å². The molecule has 0 aliphatic rings. The van der Waals surface area contributed by atoms with Crippen molar-refractivity contribution in [3.63, 3.8) is 0 Å². The number of benzene rings is 4. The van der Waals surface area contributed by atoms with Gasteiger partial charge in [-0.15, -0.1) is 0 Å². The third kappa shape index (κ3) is 4.90. The molecule has 2 amide bonds. The van der Waals surface area contributed by atoms with E-state index in [1.807, 2.05) is 97.1 Å². The average Bonchev–Trinajstić information content (AvgIpc) is 2.94. The van der Waals surface area contributed by atoms with Crippen molar-refractivity contribution in [2.45, 2.75) is 0 Å². The van der Waals surface area contributed by atoms with Gasteiger partial charge in [-0.3, -0.25) is 9.59 Å². The Labute approximate surface area is 211 Å². The molecule has 0 bridgehead atoms. The van der Waals surface area contributed by atoms with Crippen LogP contribution in [0.5, 0.6) is 0 Å². The van der Waals surface area contributed by atoms with Gasteiger partial charge in [0.25, 0.3) is 11.8 Å². The number of likely N-dealkylation sites (N-methyl/N-ethyl adjacent to an activating group) is 1. The first kappa shape index (κ1) is 24.4. The minimum atomic E-state index is -2.75. The summed E-state index contributed by atoms with van der Waals surface area (Å²) in [7, 11) is -1.22. The Bertz CT molecular complexity index is 1230. The maximum absolute atomic E-state index is 13.2. The van der Waals surface area contributed by atoms with Crippen LogP contribution in [0.3, 0.4) is 0 Å². The highest BCUT2D eigenvalue weighted by Gasteiger charge is 2.51. The van der Waals surface area contributed by atoms with Crippen LogP contribution in [0.25, 0.3) is 0 Å². The highest BCUT2D eigenvalue weighted by atomic mass is 35.5. The smallest absolute Gasteiger partial charge is 0.272 e. The van der Waals surface area contributed by atoms with Crippen LogP contribution in [0.2, 0.25) is 0 Å². The Morgan fingerprint density at radius 2 is 1.00 bits per heavy atom. The lowest BCUT2D eigenvalue weighted by Crippen LogP contribution is -2.38. The summed E-state index contributed by atoms with van der Waals surface area (Å²) in [4.78, 5) is 26.4. The van der Waals surface area contributed by atoms with Crippen molar-refractivity contribution in [3.05, 3.63) is 137 Å². The van der Waals surface area contributed by atoms with Gasteiger partial charge in [0.15, 0.2) is 13.0 Å². The van der Waals surface area contributed by atoms with Gasteiger partial charge in [0.2, 0.25) is 4.77 Å². The zero-order valence-electron chi connectivity index (χ0n) is 19.2. The molecular weight excluding hydrogens is 475 g/mol. The Morgan fingerprint density at radius 1 is 0.629 bits per heavy atom. The SMILES string of the molecule is CNC(=O)/C(NC(=O)c1ccccc1)=C(\Cl)[P+](c1ccccc1)(c1ccccc1)c1ccccc1. The lowest BCUT2D eigenvalue weighted by atomic mass is 10.2. The summed E-state index contributed by atoms with van der Waals surface area (Å²) in [6.07, 6.45) is 0. The molecule has 0 saturated heterocycles. The van der Waals surface area contributed by atoms with Crippen molar-refractivity contribution in [3.8, 4) is 0 Å². The fraction of sp³-hybridized carbons (Fsp3) is 0.0345. The van der Waals surface area contributed by atoms with Gasteiger partial charge in [0.1, 0.15) is 15.9 Å². The van der Waals surface area contributed by atoms with E-state index in [1.165, 1.54) is 7.05 Å². The summed E-state index contributed by atoms with van der Waals surface area (Å²) < 4.78 is 0.296. The molecule has 0 fully saturated rings. The number of carbonyl (C=O) groups excluding carboxylic acids is 2. The molecule has 4 aromatic rings. The van der Waals surface area contributed by atoms with Crippen molar-refractivity contribution >= 4 is 46.6 Å². The van der Waals surface area contributed by atoms with E-state index in [4.69, 9.17) is 11.6 Å². The summed E-state index contributed by atoms with van der Waals surface area (Å²) in [5, 5.41) is 8.38. The number of carbonyl (C=O) groups is 2. The van der Waals surface area contributed by atoms with Gasteiger partial charge >= 0.3 is 0 Å². The number of rotatable bonds is 7. The summed E-state index contributed by atoms with van der Waals surface area (Å²) >= 11 is 7.33. The third-order valence-corrected chi connectivity index (χ3v) is 10.6. The van der Waals surface area contributed by atoms with Crippen LogP contribution in [0.15, 0.2) is 132 Å². The van der Waals surface area contributed by atoms with Crippen LogP contribution < -0.4 is 26.5 Å². The first-order chi connectivity index (χ1) is 17.1. The van der Waals surface area contributed by atoms with Crippen molar-refractivity contribution in [1.29, 1.82) is 0 Å².